The number of halogens is 1. The van der Waals surface area contributed by atoms with Crippen LogP contribution < -0.4 is 10.1 Å². The fraction of sp³-hybridized carbons (Fsp3) is 0.500. The number of amides is 2. The topological polar surface area (TPSA) is 59.4 Å². The van der Waals surface area contributed by atoms with E-state index in [1.807, 2.05) is 22.8 Å². The van der Waals surface area contributed by atoms with E-state index in [-0.39, 0.29) is 17.9 Å². The molecular formula is C20H25FN4O2. The summed E-state index contributed by atoms with van der Waals surface area (Å²) in [7, 11) is 1.92. The molecule has 2 amide bonds. The Hall–Kier alpha value is -2.57. The Balaban J connectivity index is 1.38. The molecule has 27 heavy (non-hydrogen) atoms. The number of nitrogens with zero attached hydrogens (tertiary/aromatic N) is 3. The molecule has 2 aliphatic rings. The molecule has 1 N–H and O–H groups in total. The van der Waals surface area contributed by atoms with Crippen molar-refractivity contribution in [3.05, 3.63) is 47.5 Å². The minimum Gasteiger partial charge on any atom is -0.493 e. The summed E-state index contributed by atoms with van der Waals surface area (Å²) in [5, 5.41) is 7.38. The maximum Gasteiger partial charge on any atom is 0.317 e. The first-order chi connectivity index (χ1) is 13.1. The van der Waals surface area contributed by atoms with Crippen LogP contribution in [-0.2, 0) is 7.05 Å². The van der Waals surface area contributed by atoms with E-state index in [2.05, 4.69) is 16.6 Å². The number of aryl methyl sites for hydroxylation is 1. The van der Waals surface area contributed by atoms with E-state index in [1.165, 1.54) is 17.7 Å². The van der Waals surface area contributed by atoms with Gasteiger partial charge in [0.25, 0.3) is 0 Å². The van der Waals surface area contributed by atoms with Crippen molar-refractivity contribution in [2.75, 3.05) is 19.7 Å². The molecule has 0 bridgehead atoms. The van der Waals surface area contributed by atoms with Gasteiger partial charge >= 0.3 is 6.03 Å². The van der Waals surface area contributed by atoms with Gasteiger partial charge in [0, 0.05) is 38.0 Å². The van der Waals surface area contributed by atoms with Crippen LogP contribution in [-0.4, -0.2) is 40.4 Å². The van der Waals surface area contributed by atoms with Crippen LogP contribution in [0.2, 0.25) is 0 Å². The van der Waals surface area contributed by atoms with Crippen molar-refractivity contribution < 1.29 is 13.9 Å². The Bertz CT molecular complexity index is 814. The number of aromatic nitrogens is 2. The smallest absolute Gasteiger partial charge is 0.317 e. The zero-order valence-electron chi connectivity index (χ0n) is 15.5. The number of piperidine rings is 1. The van der Waals surface area contributed by atoms with Crippen LogP contribution in [0.3, 0.4) is 0 Å². The molecule has 2 aromatic rings. The van der Waals surface area contributed by atoms with Gasteiger partial charge in [-0.1, -0.05) is 6.07 Å². The molecule has 1 fully saturated rings. The normalized spacial score (nSPS) is 20.5. The van der Waals surface area contributed by atoms with Gasteiger partial charge in [0.1, 0.15) is 11.6 Å². The van der Waals surface area contributed by atoms with Crippen LogP contribution in [0.4, 0.5) is 9.18 Å². The number of benzene rings is 1. The van der Waals surface area contributed by atoms with Gasteiger partial charge in [-0.15, -0.1) is 0 Å². The Morgan fingerprint density at radius 2 is 2.11 bits per heavy atom. The number of likely N-dealkylation sites (tertiary alicyclic amines) is 1. The zero-order chi connectivity index (χ0) is 18.8. The Morgan fingerprint density at radius 3 is 2.85 bits per heavy atom. The number of carbonyl (C=O) groups excluding carboxylic acids is 1. The number of carbonyl (C=O) groups is 1. The van der Waals surface area contributed by atoms with Gasteiger partial charge in [-0.05, 0) is 43.2 Å². The van der Waals surface area contributed by atoms with E-state index in [4.69, 9.17) is 4.74 Å². The van der Waals surface area contributed by atoms with E-state index in [9.17, 15) is 9.18 Å². The summed E-state index contributed by atoms with van der Waals surface area (Å²) in [5.74, 6) is 0.670. The summed E-state index contributed by atoms with van der Waals surface area (Å²) >= 11 is 0. The highest BCUT2D eigenvalue weighted by atomic mass is 19.1. The molecule has 3 heterocycles. The molecule has 0 spiro atoms. The number of hydrogen-bond donors (Lipinski definition) is 1. The van der Waals surface area contributed by atoms with Crippen molar-refractivity contribution in [2.45, 2.75) is 37.6 Å². The second-order valence-corrected chi connectivity index (χ2v) is 7.38. The summed E-state index contributed by atoms with van der Waals surface area (Å²) in [6, 6.07) is 4.34. The Kier molecular flexibility index (Phi) is 5.01. The van der Waals surface area contributed by atoms with Gasteiger partial charge in [-0.25, -0.2) is 9.18 Å². The molecule has 6 nitrogen and oxygen atoms in total. The Morgan fingerprint density at radius 1 is 1.30 bits per heavy atom. The quantitative estimate of drug-likeness (QED) is 0.879. The number of fused-ring (bicyclic) bond motifs is 1. The van der Waals surface area contributed by atoms with E-state index >= 15 is 0 Å². The Labute approximate surface area is 158 Å². The molecule has 4 rings (SSSR count). The maximum absolute atomic E-state index is 13.5. The van der Waals surface area contributed by atoms with E-state index in [0.717, 1.165) is 44.3 Å². The molecular weight excluding hydrogens is 347 g/mol. The third-order valence-electron chi connectivity index (χ3n) is 5.52. The number of ether oxygens (including phenoxy) is 1. The van der Waals surface area contributed by atoms with Crippen molar-refractivity contribution in [1.82, 2.24) is 20.0 Å². The lowest BCUT2D eigenvalue weighted by molar-refractivity contribution is 0.177. The van der Waals surface area contributed by atoms with Crippen LogP contribution in [0.5, 0.6) is 5.75 Å². The van der Waals surface area contributed by atoms with E-state index < -0.39 is 0 Å². The largest absolute Gasteiger partial charge is 0.493 e. The van der Waals surface area contributed by atoms with Crippen LogP contribution >= 0.6 is 0 Å². The first-order valence-corrected chi connectivity index (χ1v) is 9.56. The number of nitrogens with one attached hydrogen (secondary N) is 1. The summed E-state index contributed by atoms with van der Waals surface area (Å²) in [5.41, 5.74) is 2.10. The van der Waals surface area contributed by atoms with Gasteiger partial charge in [0.05, 0.1) is 18.8 Å². The molecule has 1 aromatic heterocycles. The molecule has 0 radical (unpaired) electrons. The van der Waals surface area contributed by atoms with Crippen LogP contribution in [0.15, 0.2) is 30.6 Å². The monoisotopic (exact) mass is 372 g/mol. The maximum atomic E-state index is 13.5. The average molecular weight is 372 g/mol. The minimum absolute atomic E-state index is 0.0539. The predicted octanol–water partition coefficient (Wildman–Crippen LogP) is 3.36. The lowest BCUT2D eigenvalue weighted by Gasteiger charge is -2.33. The molecule has 0 aliphatic carbocycles. The standard InChI is InChI=1S/C20H25FN4O2/c1-24-13-15(12-22-24)14-6-8-25(9-7-14)20(26)23-18-3-2-10-27-19-11-16(21)4-5-17(18)19/h4-5,11-14,18H,2-3,6-10H2,1H3,(H,23,26)/t18-/m0/s1. The third kappa shape index (κ3) is 3.91. The van der Waals surface area contributed by atoms with Crippen LogP contribution in [0.25, 0.3) is 0 Å². The predicted molar refractivity (Wildman–Crippen MR) is 99.2 cm³/mol. The molecule has 7 heteroatoms. The van der Waals surface area contributed by atoms with E-state index in [1.54, 1.807) is 6.07 Å². The zero-order valence-corrected chi connectivity index (χ0v) is 15.5. The lowest BCUT2D eigenvalue weighted by Crippen LogP contribution is -2.45. The third-order valence-corrected chi connectivity index (χ3v) is 5.52. The van der Waals surface area contributed by atoms with E-state index in [0.29, 0.717) is 18.3 Å². The molecule has 0 unspecified atom stereocenters. The van der Waals surface area contributed by atoms with Crippen molar-refractivity contribution >= 4 is 6.03 Å². The second kappa shape index (κ2) is 7.58. The SMILES string of the molecule is Cn1cc(C2CCN(C(=O)N[C@H]3CCCOc4cc(F)ccc43)CC2)cn1. The first-order valence-electron chi connectivity index (χ1n) is 9.56. The molecule has 0 saturated carbocycles. The molecule has 1 aromatic carbocycles. The average Bonchev–Trinajstić information content (AvgIpc) is 3.01. The van der Waals surface area contributed by atoms with Crippen molar-refractivity contribution in [3.8, 4) is 5.75 Å². The summed E-state index contributed by atoms with van der Waals surface area (Å²) < 4.78 is 21.0. The molecule has 144 valence electrons. The highest BCUT2D eigenvalue weighted by Crippen LogP contribution is 2.33. The second-order valence-electron chi connectivity index (χ2n) is 7.38. The summed E-state index contributed by atoms with van der Waals surface area (Å²) in [6.45, 7) is 2.00. The fourth-order valence-electron chi connectivity index (χ4n) is 4.00. The molecule has 2 aliphatic heterocycles. The summed E-state index contributed by atoms with van der Waals surface area (Å²) in [6.07, 6.45) is 7.47. The minimum atomic E-state index is -0.321. The highest BCUT2D eigenvalue weighted by Gasteiger charge is 2.28. The van der Waals surface area contributed by atoms with Crippen LogP contribution in [0, 0.1) is 5.82 Å². The molecule has 1 saturated heterocycles. The van der Waals surface area contributed by atoms with Gasteiger partial charge in [-0.3, -0.25) is 4.68 Å². The lowest BCUT2D eigenvalue weighted by atomic mass is 9.92. The fourth-order valence-corrected chi connectivity index (χ4v) is 4.00. The molecule has 1 atom stereocenters. The highest BCUT2D eigenvalue weighted by molar-refractivity contribution is 5.75. The van der Waals surface area contributed by atoms with Gasteiger partial charge < -0.3 is 15.0 Å². The number of hydrogen-bond acceptors (Lipinski definition) is 3. The van der Waals surface area contributed by atoms with Gasteiger partial charge in [-0.2, -0.15) is 5.10 Å². The summed E-state index contributed by atoms with van der Waals surface area (Å²) in [4.78, 5) is 14.7. The van der Waals surface area contributed by atoms with Gasteiger partial charge in [0.15, 0.2) is 0 Å². The van der Waals surface area contributed by atoms with Gasteiger partial charge in [0.2, 0.25) is 0 Å². The van der Waals surface area contributed by atoms with Crippen LogP contribution in [0.1, 0.15) is 48.8 Å². The first kappa shape index (κ1) is 17.8. The van der Waals surface area contributed by atoms with Crippen molar-refractivity contribution in [2.24, 2.45) is 7.05 Å². The van der Waals surface area contributed by atoms with Crippen molar-refractivity contribution in [3.63, 3.8) is 0 Å². The van der Waals surface area contributed by atoms with Crippen molar-refractivity contribution in [1.29, 1.82) is 0 Å². The number of rotatable bonds is 2. The number of urea groups is 1.